The van der Waals surface area contributed by atoms with Crippen molar-refractivity contribution >= 4 is 50.1 Å². The Balaban J connectivity index is 1.84. The highest BCUT2D eigenvalue weighted by atomic mass is 79.9. The van der Waals surface area contributed by atoms with Gasteiger partial charge < -0.3 is 9.64 Å². The maximum atomic E-state index is 13.6. The molecule has 0 spiro atoms. The number of halogens is 1. The molecule has 4 aromatic rings. The molecule has 33 heavy (non-hydrogen) atoms. The van der Waals surface area contributed by atoms with Crippen molar-refractivity contribution in [2.75, 3.05) is 18.6 Å². The standard InChI is InChI=1S/C26H20BrN3O3/c1-3-29-21-13-12-16(27)14-18(21)19(25(29)31)15-24-28-20-9-5-4-8-17(20)26(32)30(24)22-10-6-7-11-23(22)33-2/h4-15H,3H2,1-2H3. The predicted molar refractivity (Wildman–Crippen MR) is 134 cm³/mol. The maximum absolute atomic E-state index is 13.6. The first-order valence-corrected chi connectivity index (χ1v) is 11.3. The lowest BCUT2D eigenvalue weighted by Crippen LogP contribution is -2.26. The molecule has 0 saturated carbocycles. The third kappa shape index (κ3) is 3.45. The van der Waals surface area contributed by atoms with Crippen LogP contribution in [0.4, 0.5) is 5.69 Å². The number of rotatable bonds is 4. The fourth-order valence-corrected chi connectivity index (χ4v) is 4.57. The van der Waals surface area contributed by atoms with E-state index in [1.165, 1.54) is 4.57 Å². The van der Waals surface area contributed by atoms with E-state index in [4.69, 9.17) is 9.72 Å². The van der Waals surface area contributed by atoms with Gasteiger partial charge in [-0.25, -0.2) is 4.98 Å². The highest BCUT2D eigenvalue weighted by molar-refractivity contribution is 9.10. The minimum Gasteiger partial charge on any atom is -0.495 e. The normalized spacial score (nSPS) is 14.2. The van der Waals surface area contributed by atoms with Crippen molar-refractivity contribution in [2.24, 2.45) is 0 Å². The van der Waals surface area contributed by atoms with Crippen LogP contribution in [0, 0.1) is 0 Å². The van der Waals surface area contributed by atoms with Gasteiger partial charge in [-0.3, -0.25) is 14.2 Å². The van der Waals surface area contributed by atoms with Crippen LogP contribution >= 0.6 is 15.9 Å². The Kier molecular flexibility index (Phi) is 5.34. The second-order valence-electron chi connectivity index (χ2n) is 7.57. The van der Waals surface area contributed by atoms with Crippen molar-refractivity contribution in [1.82, 2.24) is 9.55 Å². The number of benzene rings is 3. The van der Waals surface area contributed by atoms with Crippen LogP contribution in [-0.4, -0.2) is 29.1 Å². The van der Waals surface area contributed by atoms with E-state index in [1.54, 1.807) is 42.4 Å². The molecule has 2 heterocycles. The molecule has 0 radical (unpaired) electrons. The number of para-hydroxylation sites is 3. The zero-order valence-electron chi connectivity index (χ0n) is 18.1. The fraction of sp³-hybridized carbons (Fsp3) is 0.115. The molecule has 3 aromatic carbocycles. The predicted octanol–water partition coefficient (Wildman–Crippen LogP) is 5.06. The van der Waals surface area contributed by atoms with Crippen LogP contribution in [0.15, 0.2) is 76.0 Å². The number of fused-ring (bicyclic) bond motifs is 2. The molecule has 0 unspecified atom stereocenters. The molecular weight excluding hydrogens is 482 g/mol. The molecule has 5 rings (SSSR count). The number of likely N-dealkylation sites (N-methyl/N-ethyl adjacent to an activating group) is 1. The summed E-state index contributed by atoms with van der Waals surface area (Å²) in [4.78, 5) is 33.5. The van der Waals surface area contributed by atoms with Crippen molar-refractivity contribution in [3.8, 4) is 11.4 Å². The molecule has 0 atom stereocenters. The monoisotopic (exact) mass is 501 g/mol. The summed E-state index contributed by atoms with van der Waals surface area (Å²) >= 11 is 3.51. The molecule has 6 nitrogen and oxygen atoms in total. The van der Waals surface area contributed by atoms with Crippen molar-refractivity contribution in [3.63, 3.8) is 0 Å². The average molecular weight is 502 g/mol. The van der Waals surface area contributed by atoms with Gasteiger partial charge in [0.1, 0.15) is 11.6 Å². The molecule has 0 saturated heterocycles. The van der Waals surface area contributed by atoms with Gasteiger partial charge in [0.05, 0.1) is 35.0 Å². The third-order valence-corrected chi connectivity index (χ3v) is 6.23. The van der Waals surface area contributed by atoms with Gasteiger partial charge in [-0.15, -0.1) is 0 Å². The van der Waals surface area contributed by atoms with E-state index in [2.05, 4.69) is 15.9 Å². The molecule has 0 fully saturated rings. The Morgan fingerprint density at radius 1 is 1.00 bits per heavy atom. The number of hydrogen-bond donors (Lipinski definition) is 0. The van der Waals surface area contributed by atoms with Crippen LogP contribution < -0.4 is 15.2 Å². The Labute approximate surface area is 198 Å². The molecule has 1 aliphatic rings. The molecule has 1 aliphatic heterocycles. The van der Waals surface area contributed by atoms with Gasteiger partial charge in [-0.1, -0.05) is 40.2 Å². The Bertz CT molecular complexity index is 1510. The number of ether oxygens (including phenoxy) is 1. The first-order chi connectivity index (χ1) is 16.0. The molecule has 0 bridgehead atoms. The Morgan fingerprint density at radius 3 is 2.55 bits per heavy atom. The number of aromatic nitrogens is 2. The van der Waals surface area contributed by atoms with Gasteiger partial charge >= 0.3 is 0 Å². The highest BCUT2D eigenvalue weighted by Crippen LogP contribution is 2.39. The van der Waals surface area contributed by atoms with E-state index in [0.29, 0.717) is 40.3 Å². The maximum Gasteiger partial charge on any atom is 0.266 e. The largest absolute Gasteiger partial charge is 0.495 e. The summed E-state index contributed by atoms with van der Waals surface area (Å²) in [6.07, 6.45) is 1.70. The van der Waals surface area contributed by atoms with E-state index in [9.17, 15) is 9.59 Å². The van der Waals surface area contributed by atoms with Crippen LogP contribution in [-0.2, 0) is 4.79 Å². The summed E-state index contributed by atoms with van der Waals surface area (Å²) in [5, 5.41) is 0.488. The summed E-state index contributed by atoms with van der Waals surface area (Å²) < 4.78 is 7.90. The number of anilines is 1. The second-order valence-corrected chi connectivity index (χ2v) is 8.48. The molecule has 0 N–H and O–H groups in total. The summed E-state index contributed by atoms with van der Waals surface area (Å²) in [6.45, 7) is 2.47. The number of amides is 1. The van der Waals surface area contributed by atoms with E-state index in [0.717, 1.165) is 15.7 Å². The average Bonchev–Trinajstić information content (AvgIpc) is 3.09. The first kappa shape index (κ1) is 21.2. The van der Waals surface area contributed by atoms with Gasteiger partial charge in [-0.2, -0.15) is 0 Å². The topological polar surface area (TPSA) is 64.4 Å². The lowest BCUT2D eigenvalue weighted by atomic mass is 10.1. The van der Waals surface area contributed by atoms with E-state index < -0.39 is 0 Å². The Morgan fingerprint density at radius 2 is 1.76 bits per heavy atom. The molecule has 1 amide bonds. The zero-order valence-corrected chi connectivity index (χ0v) is 19.7. The lowest BCUT2D eigenvalue weighted by Gasteiger charge is -2.15. The van der Waals surface area contributed by atoms with Crippen LogP contribution in [0.25, 0.3) is 28.2 Å². The van der Waals surface area contributed by atoms with Crippen molar-refractivity contribution in [2.45, 2.75) is 6.92 Å². The molecule has 0 aliphatic carbocycles. The summed E-state index contributed by atoms with van der Waals surface area (Å²) in [5.74, 6) is 0.766. The number of carbonyl (C=O) groups is 1. The quantitative estimate of drug-likeness (QED) is 0.366. The molecular formula is C26H20BrN3O3. The molecule has 7 heteroatoms. The SMILES string of the molecule is CCN1C(=O)C(=Cc2nc3ccccc3c(=O)n2-c2ccccc2OC)c2cc(Br)ccc21. The first-order valence-electron chi connectivity index (χ1n) is 10.5. The van der Waals surface area contributed by atoms with Gasteiger partial charge in [0.25, 0.3) is 11.5 Å². The summed E-state index contributed by atoms with van der Waals surface area (Å²) in [7, 11) is 1.56. The van der Waals surface area contributed by atoms with Gasteiger partial charge in [0.2, 0.25) is 0 Å². The summed E-state index contributed by atoms with van der Waals surface area (Å²) in [6, 6.07) is 20.2. The highest BCUT2D eigenvalue weighted by Gasteiger charge is 2.32. The number of hydrogen-bond acceptors (Lipinski definition) is 4. The molecule has 164 valence electrons. The van der Waals surface area contributed by atoms with Crippen LogP contribution in [0.1, 0.15) is 18.3 Å². The second kappa shape index (κ2) is 8.33. The zero-order chi connectivity index (χ0) is 23.1. The smallest absolute Gasteiger partial charge is 0.266 e. The van der Waals surface area contributed by atoms with E-state index in [-0.39, 0.29) is 11.5 Å². The lowest BCUT2D eigenvalue weighted by molar-refractivity contribution is -0.112. The van der Waals surface area contributed by atoms with Crippen molar-refractivity contribution in [1.29, 1.82) is 0 Å². The number of carbonyl (C=O) groups excluding carboxylic acids is 1. The van der Waals surface area contributed by atoms with Gasteiger partial charge in [0, 0.05) is 16.6 Å². The van der Waals surface area contributed by atoms with Crippen LogP contribution in [0.3, 0.4) is 0 Å². The third-order valence-electron chi connectivity index (χ3n) is 5.73. The van der Waals surface area contributed by atoms with Crippen molar-refractivity contribution < 1.29 is 9.53 Å². The van der Waals surface area contributed by atoms with E-state index in [1.807, 2.05) is 49.4 Å². The summed E-state index contributed by atoms with van der Waals surface area (Å²) in [5.41, 5.74) is 3.01. The minimum absolute atomic E-state index is 0.125. The Hall–Kier alpha value is -3.71. The molecule has 1 aromatic heterocycles. The number of methoxy groups -OCH3 is 1. The van der Waals surface area contributed by atoms with E-state index >= 15 is 0 Å². The van der Waals surface area contributed by atoms with Gasteiger partial charge in [-0.05, 0) is 55.5 Å². The van der Waals surface area contributed by atoms with Gasteiger partial charge in [0.15, 0.2) is 0 Å². The number of nitrogens with zero attached hydrogens (tertiary/aromatic N) is 3. The van der Waals surface area contributed by atoms with Crippen molar-refractivity contribution in [3.05, 3.63) is 92.9 Å². The fourth-order valence-electron chi connectivity index (χ4n) is 4.21. The van der Waals surface area contributed by atoms with Crippen LogP contribution in [0.2, 0.25) is 0 Å². The van der Waals surface area contributed by atoms with Crippen LogP contribution in [0.5, 0.6) is 5.75 Å². The minimum atomic E-state index is -0.232.